The molecule has 1 saturated heterocycles. The standard InChI is InChI=1S/C8H15OSi/c1-5(10)6-2-3-7-8(4-6)9-7/h5-8H,1-4H2,10H3. The predicted molar refractivity (Wildman–Crippen MR) is 45.0 cm³/mol. The van der Waals surface area contributed by atoms with Crippen LogP contribution in [0.1, 0.15) is 19.3 Å². The summed E-state index contributed by atoms with van der Waals surface area (Å²) in [6, 6.07) is 0. The average Bonchev–Trinajstić information content (AvgIpc) is 2.63. The third-order valence-corrected chi connectivity index (χ3v) is 3.79. The summed E-state index contributed by atoms with van der Waals surface area (Å²) < 4.78 is 5.45. The number of hydrogen-bond donors (Lipinski definition) is 0. The highest BCUT2D eigenvalue weighted by atomic mass is 28.1. The van der Waals surface area contributed by atoms with Crippen LogP contribution in [0.25, 0.3) is 0 Å². The van der Waals surface area contributed by atoms with Crippen LogP contribution >= 0.6 is 0 Å². The van der Waals surface area contributed by atoms with Gasteiger partial charge in [0, 0.05) is 10.2 Å². The van der Waals surface area contributed by atoms with Gasteiger partial charge in [0.2, 0.25) is 0 Å². The van der Waals surface area contributed by atoms with E-state index in [0.29, 0.717) is 12.2 Å². The van der Waals surface area contributed by atoms with Crippen LogP contribution in [-0.4, -0.2) is 22.5 Å². The summed E-state index contributed by atoms with van der Waals surface area (Å²) in [5, 5.41) is 0. The Kier molecular flexibility index (Phi) is 1.61. The van der Waals surface area contributed by atoms with E-state index in [-0.39, 0.29) is 0 Å². The van der Waals surface area contributed by atoms with Crippen molar-refractivity contribution in [3.05, 3.63) is 6.92 Å². The first-order valence-corrected chi connectivity index (χ1v) is 5.41. The molecule has 1 aliphatic carbocycles. The minimum absolute atomic E-state index is 0.650. The minimum Gasteiger partial charge on any atom is -0.370 e. The zero-order chi connectivity index (χ0) is 7.14. The Labute approximate surface area is 65.6 Å². The van der Waals surface area contributed by atoms with Crippen LogP contribution in [0.5, 0.6) is 0 Å². The fourth-order valence-corrected chi connectivity index (χ4v) is 2.56. The van der Waals surface area contributed by atoms with Gasteiger partial charge in [-0.1, -0.05) is 12.5 Å². The fourth-order valence-electron chi connectivity index (χ4n) is 1.95. The van der Waals surface area contributed by atoms with Gasteiger partial charge >= 0.3 is 0 Å². The molecule has 2 heteroatoms. The normalized spacial score (nSPS) is 48.3. The first kappa shape index (κ1) is 6.86. The Morgan fingerprint density at radius 2 is 2.20 bits per heavy atom. The number of ether oxygens (including phenoxy) is 1. The summed E-state index contributed by atoms with van der Waals surface area (Å²) in [5.74, 6) is 0.899. The SMILES string of the molecule is [CH2]C([SiH3])C1CCC2OC2C1. The molecule has 2 aliphatic rings. The van der Waals surface area contributed by atoms with Crippen molar-refractivity contribution in [3.63, 3.8) is 0 Å². The third-order valence-electron chi connectivity index (χ3n) is 2.85. The molecule has 2 rings (SSSR count). The zero-order valence-electron chi connectivity index (χ0n) is 6.55. The molecular formula is C8H15OSi. The summed E-state index contributed by atoms with van der Waals surface area (Å²) in [7, 11) is 1.25. The second-order valence-electron chi connectivity index (χ2n) is 3.76. The Morgan fingerprint density at radius 1 is 1.40 bits per heavy atom. The minimum atomic E-state index is 0.650. The summed E-state index contributed by atoms with van der Waals surface area (Å²) in [4.78, 5) is 0. The first-order valence-electron chi connectivity index (χ1n) is 4.26. The molecule has 0 spiro atoms. The summed E-state index contributed by atoms with van der Waals surface area (Å²) in [5.41, 5.74) is 0.755. The van der Waals surface area contributed by atoms with Gasteiger partial charge in [0.05, 0.1) is 12.2 Å². The van der Waals surface area contributed by atoms with E-state index in [1.54, 1.807) is 0 Å². The molecular weight excluding hydrogens is 140 g/mol. The van der Waals surface area contributed by atoms with E-state index >= 15 is 0 Å². The topological polar surface area (TPSA) is 12.5 Å². The molecule has 10 heavy (non-hydrogen) atoms. The lowest BCUT2D eigenvalue weighted by atomic mass is 9.87. The summed E-state index contributed by atoms with van der Waals surface area (Å²) in [6.45, 7) is 4.12. The van der Waals surface area contributed by atoms with Crippen LogP contribution in [-0.2, 0) is 4.74 Å². The molecule has 1 radical (unpaired) electrons. The van der Waals surface area contributed by atoms with E-state index in [1.165, 1.54) is 29.5 Å². The largest absolute Gasteiger partial charge is 0.370 e. The Morgan fingerprint density at radius 3 is 2.80 bits per heavy atom. The number of epoxide rings is 1. The van der Waals surface area contributed by atoms with Gasteiger partial charge in [0.25, 0.3) is 0 Å². The van der Waals surface area contributed by atoms with Crippen LogP contribution in [0.15, 0.2) is 0 Å². The van der Waals surface area contributed by atoms with E-state index < -0.39 is 0 Å². The quantitative estimate of drug-likeness (QED) is 0.398. The average molecular weight is 155 g/mol. The lowest BCUT2D eigenvalue weighted by Crippen LogP contribution is -2.16. The van der Waals surface area contributed by atoms with Crippen LogP contribution in [0.4, 0.5) is 0 Å². The van der Waals surface area contributed by atoms with E-state index in [9.17, 15) is 0 Å². The van der Waals surface area contributed by atoms with Gasteiger partial charge < -0.3 is 4.74 Å². The van der Waals surface area contributed by atoms with E-state index in [1.807, 2.05) is 0 Å². The molecule has 57 valence electrons. The van der Waals surface area contributed by atoms with Gasteiger partial charge in [0.1, 0.15) is 0 Å². The molecule has 1 nitrogen and oxygen atoms in total. The van der Waals surface area contributed by atoms with E-state index in [0.717, 1.165) is 11.5 Å². The molecule has 1 aliphatic heterocycles. The van der Waals surface area contributed by atoms with Crippen LogP contribution < -0.4 is 0 Å². The van der Waals surface area contributed by atoms with E-state index in [4.69, 9.17) is 4.74 Å². The molecule has 4 unspecified atom stereocenters. The molecule has 0 bridgehead atoms. The van der Waals surface area contributed by atoms with Crippen molar-refractivity contribution < 1.29 is 4.74 Å². The monoisotopic (exact) mass is 155 g/mol. The van der Waals surface area contributed by atoms with E-state index in [2.05, 4.69) is 6.92 Å². The van der Waals surface area contributed by atoms with Crippen molar-refractivity contribution in [1.82, 2.24) is 0 Å². The van der Waals surface area contributed by atoms with Gasteiger partial charge in [-0.25, -0.2) is 0 Å². The van der Waals surface area contributed by atoms with Crippen LogP contribution in [0.3, 0.4) is 0 Å². The predicted octanol–water partition coefficient (Wildman–Crippen LogP) is 0.542. The number of fused-ring (bicyclic) bond motifs is 1. The highest BCUT2D eigenvalue weighted by Gasteiger charge is 2.44. The molecule has 0 aromatic rings. The summed E-state index contributed by atoms with van der Waals surface area (Å²) >= 11 is 0. The molecule has 1 saturated carbocycles. The highest BCUT2D eigenvalue weighted by Crippen LogP contribution is 2.42. The maximum Gasteiger partial charge on any atom is 0.0844 e. The van der Waals surface area contributed by atoms with Gasteiger partial charge in [-0.3, -0.25) is 0 Å². The van der Waals surface area contributed by atoms with Crippen molar-refractivity contribution in [1.29, 1.82) is 0 Å². The highest BCUT2D eigenvalue weighted by molar-refractivity contribution is 6.12. The van der Waals surface area contributed by atoms with Gasteiger partial charge in [-0.2, -0.15) is 0 Å². The molecule has 2 fully saturated rings. The molecule has 4 atom stereocenters. The van der Waals surface area contributed by atoms with Crippen molar-refractivity contribution >= 4 is 10.2 Å². The lowest BCUT2D eigenvalue weighted by Gasteiger charge is -2.21. The number of rotatable bonds is 1. The van der Waals surface area contributed by atoms with Gasteiger partial charge in [-0.15, -0.1) is 0 Å². The van der Waals surface area contributed by atoms with Crippen LogP contribution in [0, 0.1) is 12.8 Å². The summed E-state index contributed by atoms with van der Waals surface area (Å²) in [6.07, 6.45) is 5.30. The maximum absolute atomic E-state index is 5.45. The first-order chi connectivity index (χ1) is 4.77. The molecule has 0 aromatic heterocycles. The van der Waals surface area contributed by atoms with Crippen LogP contribution in [0.2, 0.25) is 5.54 Å². The molecule has 0 N–H and O–H groups in total. The van der Waals surface area contributed by atoms with Crippen molar-refractivity contribution in [2.24, 2.45) is 5.92 Å². The Bertz CT molecular complexity index is 135. The van der Waals surface area contributed by atoms with Gasteiger partial charge in [-0.05, 0) is 25.2 Å². The molecule has 0 amide bonds. The molecule has 0 aromatic carbocycles. The second-order valence-corrected chi connectivity index (χ2v) is 5.25. The smallest absolute Gasteiger partial charge is 0.0844 e. The zero-order valence-corrected chi connectivity index (χ0v) is 8.55. The third kappa shape index (κ3) is 1.15. The maximum atomic E-state index is 5.45. The van der Waals surface area contributed by atoms with Crippen molar-refractivity contribution in [3.8, 4) is 0 Å². The van der Waals surface area contributed by atoms with Gasteiger partial charge in [0.15, 0.2) is 0 Å². The molecule has 1 heterocycles. The number of hydrogen-bond acceptors (Lipinski definition) is 1. The Balaban J connectivity index is 1.88. The lowest BCUT2D eigenvalue weighted by molar-refractivity contribution is 0.362. The second kappa shape index (κ2) is 2.34. The fraction of sp³-hybridized carbons (Fsp3) is 0.875. The van der Waals surface area contributed by atoms with Crippen molar-refractivity contribution in [2.45, 2.75) is 37.0 Å². The van der Waals surface area contributed by atoms with Crippen molar-refractivity contribution in [2.75, 3.05) is 0 Å². The Hall–Kier alpha value is 0.177.